The van der Waals surface area contributed by atoms with Crippen LogP contribution in [-0.4, -0.2) is 32.7 Å². The zero-order valence-electron chi connectivity index (χ0n) is 9.35. The third kappa shape index (κ3) is 3.03. The average molecular weight is 262 g/mol. The summed E-state index contributed by atoms with van der Waals surface area (Å²) in [6.07, 6.45) is 0. The molecule has 7 heteroatoms. The molecular weight excluding hydrogens is 248 g/mol. The summed E-state index contributed by atoms with van der Waals surface area (Å²) in [6, 6.07) is 3.26. The van der Waals surface area contributed by atoms with E-state index in [-0.39, 0.29) is 10.1 Å². The fourth-order valence-corrected chi connectivity index (χ4v) is 3.45. The Balaban J connectivity index is 2.83. The predicted molar refractivity (Wildman–Crippen MR) is 62.7 cm³/mol. The molecule has 0 aliphatic carbocycles. The fraction of sp³-hybridized carbons (Fsp3) is 0.444. The van der Waals surface area contributed by atoms with Crippen molar-refractivity contribution >= 4 is 27.3 Å². The molecule has 0 bridgehead atoms. The Morgan fingerprint density at radius 1 is 1.44 bits per heavy atom. The average Bonchev–Trinajstić information content (AvgIpc) is 2.63. The van der Waals surface area contributed by atoms with Crippen molar-refractivity contribution in [2.45, 2.75) is 17.7 Å². The topological polar surface area (TPSA) is 66.5 Å². The molecule has 0 fully saturated rings. The van der Waals surface area contributed by atoms with E-state index in [4.69, 9.17) is 0 Å². The van der Waals surface area contributed by atoms with Crippen LogP contribution in [-0.2, 0) is 21.4 Å². The highest BCUT2D eigenvalue weighted by Gasteiger charge is 2.19. The summed E-state index contributed by atoms with van der Waals surface area (Å²) < 4.78 is 24.9. The van der Waals surface area contributed by atoms with Gasteiger partial charge in [-0.3, -0.25) is 4.79 Å². The van der Waals surface area contributed by atoms with Gasteiger partial charge in [-0.25, -0.2) is 12.7 Å². The summed E-state index contributed by atoms with van der Waals surface area (Å²) in [6.45, 7) is 1.79. The van der Waals surface area contributed by atoms with E-state index in [0.29, 0.717) is 6.54 Å². The van der Waals surface area contributed by atoms with Gasteiger partial charge in [0.2, 0.25) is 5.91 Å². The van der Waals surface area contributed by atoms with Crippen LogP contribution in [0.15, 0.2) is 16.3 Å². The molecule has 0 atom stereocenters. The standard InChI is InChI=1S/C9H14N2O3S2/c1-7(12)10-6-8-4-5-9(15-8)16(13,14)11(2)3/h4-5H,6H2,1-3H3,(H,10,12). The monoisotopic (exact) mass is 262 g/mol. The maximum absolute atomic E-state index is 11.7. The molecule has 0 unspecified atom stereocenters. The van der Waals surface area contributed by atoms with Crippen LogP contribution < -0.4 is 5.32 Å². The van der Waals surface area contributed by atoms with Crippen molar-refractivity contribution in [2.24, 2.45) is 0 Å². The quantitative estimate of drug-likeness (QED) is 0.865. The number of sulfonamides is 1. The molecule has 0 saturated carbocycles. The molecule has 1 N–H and O–H groups in total. The van der Waals surface area contributed by atoms with E-state index in [9.17, 15) is 13.2 Å². The van der Waals surface area contributed by atoms with Gasteiger partial charge in [0.15, 0.2) is 0 Å². The molecular formula is C9H14N2O3S2. The van der Waals surface area contributed by atoms with Gasteiger partial charge in [-0.15, -0.1) is 11.3 Å². The number of nitrogens with zero attached hydrogens (tertiary/aromatic N) is 1. The molecule has 1 heterocycles. The second-order valence-corrected chi connectivity index (χ2v) is 6.96. The summed E-state index contributed by atoms with van der Waals surface area (Å²) >= 11 is 1.17. The van der Waals surface area contributed by atoms with Gasteiger partial charge >= 0.3 is 0 Å². The van der Waals surface area contributed by atoms with Gasteiger partial charge in [-0.05, 0) is 12.1 Å². The third-order valence-electron chi connectivity index (χ3n) is 1.88. The van der Waals surface area contributed by atoms with E-state index in [2.05, 4.69) is 5.32 Å². The zero-order chi connectivity index (χ0) is 12.3. The van der Waals surface area contributed by atoms with Crippen LogP contribution in [0.2, 0.25) is 0 Å². The smallest absolute Gasteiger partial charge is 0.252 e. The number of thiophene rings is 1. The Labute approximate surface area is 99.1 Å². The van der Waals surface area contributed by atoms with Gasteiger partial charge < -0.3 is 5.32 Å². The maximum atomic E-state index is 11.7. The first kappa shape index (κ1) is 13.1. The molecule has 16 heavy (non-hydrogen) atoms. The Kier molecular flexibility index (Phi) is 4.06. The van der Waals surface area contributed by atoms with E-state index in [1.807, 2.05) is 0 Å². The van der Waals surface area contributed by atoms with Gasteiger partial charge in [0, 0.05) is 25.9 Å². The summed E-state index contributed by atoms with van der Waals surface area (Å²) in [5.41, 5.74) is 0. The molecule has 1 rings (SSSR count). The van der Waals surface area contributed by atoms with Gasteiger partial charge in [-0.1, -0.05) is 0 Å². The number of rotatable bonds is 4. The van der Waals surface area contributed by atoms with Crippen LogP contribution in [0.1, 0.15) is 11.8 Å². The molecule has 0 aromatic carbocycles. The highest BCUT2D eigenvalue weighted by atomic mass is 32.2. The molecule has 1 aromatic rings. The van der Waals surface area contributed by atoms with Crippen molar-refractivity contribution in [2.75, 3.05) is 14.1 Å². The highest BCUT2D eigenvalue weighted by molar-refractivity contribution is 7.91. The first-order valence-corrected chi connectivity index (χ1v) is 6.85. The lowest BCUT2D eigenvalue weighted by atomic mass is 10.4. The Bertz CT molecular complexity index is 477. The van der Waals surface area contributed by atoms with Crippen LogP contribution >= 0.6 is 11.3 Å². The van der Waals surface area contributed by atoms with Crippen LogP contribution in [0, 0.1) is 0 Å². The lowest BCUT2D eigenvalue weighted by Crippen LogP contribution is -2.21. The molecule has 0 aliphatic heterocycles. The van der Waals surface area contributed by atoms with Gasteiger partial charge in [0.1, 0.15) is 4.21 Å². The van der Waals surface area contributed by atoms with Gasteiger partial charge in [0.05, 0.1) is 6.54 Å². The first-order valence-electron chi connectivity index (χ1n) is 4.59. The number of nitrogens with one attached hydrogen (secondary N) is 1. The minimum atomic E-state index is -3.36. The fourth-order valence-electron chi connectivity index (χ4n) is 0.983. The summed E-state index contributed by atoms with van der Waals surface area (Å²) in [7, 11) is -0.378. The van der Waals surface area contributed by atoms with Crippen molar-refractivity contribution in [1.29, 1.82) is 0 Å². The van der Waals surface area contributed by atoms with Crippen LogP contribution in [0.25, 0.3) is 0 Å². The molecule has 1 amide bonds. The van der Waals surface area contributed by atoms with Crippen molar-refractivity contribution < 1.29 is 13.2 Å². The number of amides is 1. The lowest BCUT2D eigenvalue weighted by molar-refractivity contribution is -0.119. The first-order chi connectivity index (χ1) is 7.34. The summed E-state index contributed by atoms with van der Waals surface area (Å²) in [4.78, 5) is 11.5. The van der Waals surface area contributed by atoms with Crippen LogP contribution in [0.5, 0.6) is 0 Å². The van der Waals surface area contributed by atoms with Crippen molar-refractivity contribution in [3.05, 3.63) is 17.0 Å². The molecule has 90 valence electrons. The van der Waals surface area contributed by atoms with Crippen molar-refractivity contribution in [3.63, 3.8) is 0 Å². The summed E-state index contributed by atoms with van der Waals surface area (Å²) in [5, 5.41) is 2.62. The minimum Gasteiger partial charge on any atom is -0.351 e. The SMILES string of the molecule is CC(=O)NCc1ccc(S(=O)(=O)N(C)C)s1. The van der Waals surface area contributed by atoms with Crippen molar-refractivity contribution in [3.8, 4) is 0 Å². The molecule has 5 nitrogen and oxygen atoms in total. The minimum absolute atomic E-state index is 0.134. The Morgan fingerprint density at radius 2 is 2.06 bits per heavy atom. The number of hydrogen-bond donors (Lipinski definition) is 1. The van der Waals surface area contributed by atoms with E-state index < -0.39 is 10.0 Å². The molecule has 0 saturated heterocycles. The summed E-state index contributed by atoms with van der Waals surface area (Å²) in [5.74, 6) is -0.134. The normalized spacial score (nSPS) is 11.8. The van der Waals surface area contributed by atoms with Gasteiger partial charge in [-0.2, -0.15) is 0 Å². The maximum Gasteiger partial charge on any atom is 0.252 e. The van der Waals surface area contributed by atoms with Crippen molar-refractivity contribution in [1.82, 2.24) is 9.62 Å². The van der Waals surface area contributed by atoms with E-state index >= 15 is 0 Å². The molecule has 0 aliphatic rings. The van der Waals surface area contributed by atoms with E-state index in [1.54, 1.807) is 12.1 Å². The largest absolute Gasteiger partial charge is 0.351 e. The predicted octanol–water partition coefficient (Wildman–Crippen LogP) is 0.635. The van der Waals surface area contributed by atoms with E-state index in [0.717, 1.165) is 4.88 Å². The van der Waals surface area contributed by atoms with Crippen LogP contribution in [0.3, 0.4) is 0 Å². The number of carbonyl (C=O) groups excluding carboxylic acids is 1. The Hall–Kier alpha value is -0.920. The molecule has 1 aromatic heterocycles. The number of carbonyl (C=O) groups is 1. The second-order valence-electron chi connectivity index (χ2n) is 3.42. The zero-order valence-corrected chi connectivity index (χ0v) is 11.0. The molecule has 0 radical (unpaired) electrons. The van der Waals surface area contributed by atoms with Crippen LogP contribution in [0.4, 0.5) is 0 Å². The highest BCUT2D eigenvalue weighted by Crippen LogP contribution is 2.23. The molecule has 0 spiro atoms. The second kappa shape index (κ2) is 4.94. The number of hydrogen-bond acceptors (Lipinski definition) is 4. The lowest BCUT2D eigenvalue weighted by Gasteiger charge is -2.08. The third-order valence-corrected chi connectivity index (χ3v) is 5.25. The van der Waals surface area contributed by atoms with Gasteiger partial charge in [0.25, 0.3) is 10.0 Å². The van der Waals surface area contributed by atoms with E-state index in [1.165, 1.54) is 36.7 Å². The Morgan fingerprint density at radius 3 is 2.56 bits per heavy atom.